The maximum Gasteiger partial charge on any atom is 0.227 e. The normalized spacial score (nSPS) is 15.1. The number of anilines is 1. The van der Waals surface area contributed by atoms with E-state index in [1.165, 1.54) is 24.3 Å². The molecule has 0 atom stereocenters. The van der Waals surface area contributed by atoms with Crippen molar-refractivity contribution in [2.24, 2.45) is 13.0 Å². The molecule has 3 aromatic rings. The average molecular weight is 409 g/mol. The van der Waals surface area contributed by atoms with E-state index in [2.05, 4.69) is 20.2 Å². The number of aryl methyl sites for hydroxylation is 1. The van der Waals surface area contributed by atoms with Crippen LogP contribution in [0.25, 0.3) is 0 Å². The number of aromatic nitrogens is 3. The minimum absolute atomic E-state index is 0.0145. The molecule has 2 aromatic heterocycles. The summed E-state index contributed by atoms with van der Waals surface area (Å²) in [5.74, 6) is 1.58. The number of pyridine rings is 1. The standard InChI is InChI=1S/C22H24FN5O2/c1-27-13-10-24-20(27)15-28-11-8-16(9-12-28)22(29)26-18-4-7-21(25-14-18)30-19-5-2-17(23)3-6-19/h2-7,10,13-14,16H,8-9,11-12,15H2,1H3,(H,26,29). The number of carbonyl (C=O) groups is 1. The van der Waals surface area contributed by atoms with Gasteiger partial charge in [0, 0.05) is 31.4 Å². The molecule has 0 saturated carbocycles. The van der Waals surface area contributed by atoms with Crippen molar-refractivity contribution in [3.63, 3.8) is 0 Å². The van der Waals surface area contributed by atoms with Gasteiger partial charge in [-0.2, -0.15) is 0 Å². The van der Waals surface area contributed by atoms with Crippen molar-refractivity contribution < 1.29 is 13.9 Å². The fourth-order valence-electron chi connectivity index (χ4n) is 3.48. The first-order valence-electron chi connectivity index (χ1n) is 9.96. The molecule has 30 heavy (non-hydrogen) atoms. The molecule has 0 spiro atoms. The van der Waals surface area contributed by atoms with Crippen LogP contribution in [0.4, 0.5) is 10.1 Å². The molecule has 1 aliphatic rings. The molecule has 1 aliphatic heterocycles. The molecule has 1 saturated heterocycles. The van der Waals surface area contributed by atoms with E-state index in [0.717, 1.165) is 38.3 Å². The summed E-state index contributed by atoms with van der Waals surface area (Å²) in [5.41, 5.74) is 0.627. The van der Waals surface area contributed by atoms with Crippen LogP contribution in [0.15, 0.2) is 55.0 Å². The topological polar surface area (TPSA) is 72.3 Å². The maximum atomic E-state index is 13.0. The number of hydrogen-bond acceptors (Lipinski definition) is 5. The van der Waals surface area contributed by atoms with Crippen molar-refractivity contribution in [2.45, 2.75) is 19.4 Å². The zero-order chi connectivity index (χ0) is 20.9. The predicted molar refractivity (Wildman–Crippen MR) is 111 cm³/mol. The molecule has 1 fully saturated rings. The van der Waals surface area contributed by atoms with Gasteiger partial charge in [0.2, 0.25) is 11.8 Å². The fourth-order valence-corrected chi connectivity index (χ4v) is 3.48. The first kappa shape index (κ1) is 20.0. The number of halogens is 1. The molecule has 0 radical (unpaired) electrons. The largest absolute Gasteiger partial charge is 0.439 e. The number of benzene rings is 1. The molecule has 1 aromatic carbocycles. The molecule has 0 bridgehead atoms. The highest BCUT2D eigenvalue weighted by atomic mass is 19.1. The molecular weight excluding hydrogens is 385 g/mol. The van der Waals surface area contributed by atoms with Crippen LogP contribution in [0.1, 0.15) is 18.7 Å². The van der Waals surface area contributed by atoms with E-state index in [1.807, 2.05) is 17.8 Å². The Kier molecular flexibility index (Phi) is 6.04. The molecule has 156 valence electrons. The summed E-state index contributed by atoms with van der Waals surface area (Å²) in [6.07, 6.45) is 6.94. The van der Waals surface area contributed by atoms with Crippen LogP contribution >= 0.6 is 0 Å². The highest BCUT2D eigenvalue weighted by molar-refractivity contribution is 5.92. The molecule has 8 heteroatoms. The molecule has 0 aliphatic carbocycles. The second-order valence-electron chi connectivity index (χ2n) is 7.44. The average Bonchev–Trinajstić information content (AvgIpc) is 3.16. The van der Waals surface area contributed by atoms with Crippen LogP contribution < -0.4 is 10.1 Å². The number of carbonyl (C=O) groups excluding carboxylic acids is 1. The molecule has 0 unspecified atom stereocenters. The summed E-state index contributed by atoms with van der Waals surface area (Å²) >= 11 is 0. The predicted octanol–water partition coefficient (Wildman–Crippen LogP) is 3.60. The Balaban J connectivity index is 1.26. The summed E-state index contributed by atoms with van der Waals surface area (Å²) in [7, 11) is 1.99. The first-order chi connectivity index (χ1) is 14.6. The second-order valence-corrected chi connectivity index (χ2v) is 7.44. The van der Waals surface area contributed by atoms with Gasteiger partial charge in [-0.1, -0.05) is 0 Å². The van der Waals surface area contributed by atoms with Gasteiger partial charge in [0.1, 0.15) is 17.4 Å². The molecule has 4 rings (SSSR count). The molecule has 3 heterocycles. The second kappa shape index (κ2) is 9.04. The van der Waals surface area contributed by atoms with Gasteiger partial charge in [-0.15, -0.1) is 0 Å². The fraction of sp³-hybridized carbons (Fsp3) is 0.318. The van der Waals surface area contributed by atoms with Gasteiger partial charge in [-0.25, -0.2) is 14.4 Å². The van der Waals surface area contributed by atoms with E-state index in [-0.39, 0.29) is 17.6 Å². The Bertz CT molecular complexity index is 980. The van der Waals surface area contributed by atoms with Crippen LogP contribution in [0.2, 0.25) is 0 Å². The maximum absolute atomic E-state index is 13.0. The van der Waals surface area contributed by atoms with Crippen molar-refractivity contribution in [1.82, 2.24) is 19.4 Å². The van der Waals surface area contributed by atoms with Gasteiger partial charge in [-0.05, 0) is 56.3 Å². The third kappa shape index (κ3) is 5.01. The summed E-state index contributed by atoms with van der Waals surface area (Å²) in [6, 6.07) is 9.14. The van der Waals surface area contributed by atoms with Crippen LogP contribution in [0.3, 0.4) is 0 Å². The third-order valence-electron chi connectivity index (χ3n) is 5.28. The summed E-state index contributed by atoms with van der Waals surface area (Å²) in [4.78, 5) is 23.5. The van der Waals surface area contributed by atoms with Gasteiger partial charge >= 0.3 is 0 Å². The minimum Gasteiger partial charge on any atom is -0.439 e. The number of ether oxygens (including phenoxy) is 1. The summed E-state index contributed by atoms with van der Waals surface area (Å²) in [6.45, 7) is 2.54. The number of hydrogen-bond donors (Lipinski definition) is 1. The van der Waals surface area contributed by atoms with E-state index in [0.29, 0.717) is 17.3 Å². The highest BCUT2D eigenvalue weighted by Gasteiger charge is 2.25. The number of nitrogens with zero attached hydrogens (tertiary/aromatic N) is 4. The van der Waals surface area contributed by atoms with Crippen LogP contribution in [-0.4, -0.2) is 38.4 Å². The van der Waals surface area contributed by atoms with E-state index in [4.69, 9.17) is 4.74 Å². The molecule has 7 nitrogen and oxygen atoms in total. The number of piperidine rings is 1. The molecule has 1 N–H and O–H groups in total. The molecular formula is C22H24FN5O2. The van der Waals surface area contributed by atoms with E-state index >= 15 is 0 Å². The van der Waals surface area contributed by atoms with Crippen LogP contribution in [-0.2, 0) is 18.4 Å². The minimum atomic E-state index is -0.323. The van der Waals surface area contributed by atoms with Gasteiger partial charge in [-0.3, -0.25) is 9.69 Å². The lowest BCUT2D eigenvalue weighted by Gasteiger charge is -2.30. The van der Waals surface area contributed by atoms with Crippen molar-refractivity contribution in [1.29, 1.82) is 0 Å². The number of nitrogens with one attached hydrogen (secondary N) is 1. The quantitative estimate of drug-likeness (QED) is 0.674. The zero-order valence-corrected chi connectivity index (χ0v) is 16.8. The number of amides is 1. The van der Waals surface area contributed by atoms with Gasteiger partial charge in [0.15, 0.2) is 0 Å². The van der Waals surface area contributed by atoms with E-state index in [9.17, 15) is 9.18 Å². The highest BCUT2D eigenvalue weighted by Crippen LogP contribution is 2.23. The smallest absolute Gasteiger partial charge is 0.227 e. The lowest BCUT2D eigenvalue weighted by molar-refractivity contribution is -0.121. The van der Waals surface area contributed by atoms with Gasteiger partial charge in [0.25, 0.3) is 0 Å². The lowest BCUT2D eigenvalue weighted by atomic mass is 9.96. The number of rotatable bonds is 6. The number of imidazole rings is 1. The van der Waals surface area contributed by atoms with Crippen LogP contribution in [0, 0.1) is 11.7 Å². The molecule has 1 amide bonds. The van der Waals surface area contributed by atoms with Crippen molar-refractivity contribution in [3.05, 3.63) is 66.6 Å². The summed E-state index contributed by atoms with van der Waals surface area (Å²) in [5, 5.41) is 2.94. The third-order valence-corrected chi connectivity index (χ3v) is 5.28. The van der Waals surface area contributed by atoms with Crippen molar-refractivity contribution in [3.8, 4) is 11.6 Å². The summed E-state index contributed by atoms with van der Waals surface area (Å²) < 4.78 is 20.6. The Morgan fingerprint density at radius 1 is 1.17 bits per heavy atom. The van der Waals surface area contributed by atoms with E-state index in [1.54, 1.807) is 24.5 Å². The zero-order valence-electron chi connectivity index (χ0n) is 16.8. The monoisotopic (exact) mass is 409 g/mol. The van der Waals surface area contributed by atoms with Gasteiger partial charge < -0.3 is 14.6 Å². The van der Waals surface area contributed by atoms with Crippen LogP contribution in [0.5, 0.6) is 11.6 Å². The van der Waals surface area contributed by atoms with Crippen molar-refractivity contribution in [2.75, 3.05) is 18.4 Å². The first-order valence-corrected chi connectivity index (χ1v) is 9.96. The number of likely N-dealkylation sites (tertiary alicyclic amines) is 1. The lowest BCUT2D eigenvalue weighted by Crippen LogP contribution is -2.38. The van der Waals surface area contributed by atoms with E-state index < -0.39 is 0 Å². The Labute approximate surface area is 174 Å². The Morgan fingerprint density at radius 2 is 1.93 bits per heavy atom. The Hall–Kier alpha value is -3.26. The van der Waals surface area contributed by atoms with Gasteiger partial charge in [0.05, 0.1) is 18.4 Å². The van der Waals surface area contributed by atoms with Crippen molar-refractivity contribution >= 4 is 11.6 Å². The Morgan fingerprint density at radius 3 is 2.57 bits per heavy atom. The SMILES string of the molecule is Cn1ccnc1CN1CCC(C(=O)Nc2ccc(Oc3ccc(F)cc3)nc2)CC1.